The Morgan fingerprint density at radius 3 is 1.65 bits per heavy atom. The quantitative estimate of drug-likeness (QED) is 0.185. The van der Waals surface area contributed by atoms with E-state index in [1.807, 2.05) is 97.1 Å². The van der Waals surface area contributed by atoms with Crippen LogP contribution in [0.3, 0.4) is 0 Å². The molecule has 11 rings (SSSR count). The van der Waals surface area contributed by atoms with E-state index in [1.54, 1.807) is 0 Å². The Bertz CT molecular complexity index is 2960. The number of nitrogens with zero attached hydrogens (tertiary/aromatic N) is 4. The van der Waals surface area contributed by atoms with Gasteiger partial charge in [-0.2, -0.15) is 0 Å². The van der Waals surface area contributed by atoms with Crippen LogP contribution >= 0.6 is 0 Å². The summed E-state index contributed by atoms with van der Waals surface area (Å²) in [6.45, 7) is 0. The smallest absolute Gasteiger partial charge is 0.172 e. The highest BCUT2D eigenvalue weighted by Gasteiger charge is 2.25. The minimum atomic E-state index is 0.542. The van der Waals surface area contributed by atoms with E-state index in [0.29, 0.717) is 46.1 Å². The topological polar surface area (TPSA) is 75.2 Å². The van der Waals surface area contributed by atoms with Gasteiger partial charge in [0.1, 0.15) is 5.58 Å². The summed E-state index contributed by atoms with van der Waals surface area (Å²) in [5.41, 5.74) is 7.01. The van der Waals surface area contributed by atoms with Crippen molar-refractivity contribution in [1.29, 1.82) is 0 Å². The number of ether oxygens (including phenoxy) is 2. The lowest BCUT2D eigenvalue weighted by Gasteiger charge is -2.20. The molecule has 0 saturated heterocycles. The second-order valence-electron chi connectivity index (χ2n) is 12.8. The van der Waals surface area contributed by atoms with Crippen molar-refractivity contribution in [2.75, 3.05) is 0 Å². The molecule has 0 atom stereocenters. The van der Waals surface area contributed by atoms with Crippen molar-refractivity contribution in [3.05, 3.63) is 158 Å². The first-order valence-corrected chi connectivity index (χ1v) is 17.1. The number of fused-ring (bicyclic) bond motifs is 8. The van der Waals surface area contributed by atoms with Crippen molar-refractivity contribution < 1.29 is 13.9 Å². The largest absolute Gasteiger partial charge is 0.453 e. The molecular weight excluding hydrogens is 645 g/mol. The van der Waals surface area contributed by atoms with Gasteiger partial charge in [-0.25, -0.2) is 15.0 Å². The van der Waals surface area contributed by atoms with Crippen LogP contribution in [0, 0.1) is 0 Å². The van der Waals surface area contributed by atoms with Crippen LogP contribution in [0.5, 0.6) is 23.0 Å². The van der Waals surface area contributed by atoms with Gasteiger partial charge in [0.25, 0.3) is 0 Å². The van der Waals surface area contributed by atoms with Gasteiger partial charge in [-0.1, -0.05) is 115 Å². The van der Waals surface area contributed by atoms with Gasteiger partial charge in [0, 0.05) is 38.7 Å². The zero-order chi connectivity index (χ0) is 34.2. The first kappa shape index (κ1) is 28.6. The molecule has 0 radical (unpaired) electrons. The highest BCUT2D eigenvalue weighted by molar-refractivity contribution is 6.14. The van der Waals surface area contributed by atoms with Crippen LogP contribution in [0.15, 0.2) is 162 Å². The van der Waals surface area contributed by atoms with Crippen LogP contribution in [-0.4, -0.2) is 19.5 Å². The summed E-state index contributed by atoms with van der Waals surface area (Å²) < 4.78 is 21.9. The van der Waals surface area contributed by atoms with Gasteiger partial charge in [-0.3, -0.25) is 0 Å². The van der Waals surface area contributed by atoms with Gasteiger partial charge in [0.2, 0.25) is 0 Å². The van der Waals surface area contributed by atoms with Crippen LogP contribution in [0.1, 0.15) is 0 Å². The van der Waals surface area contributed by atoms with Crippen molar-refractivity contribution in [1.82, 2.24) is 19.5 Å². The summed E-state index contributed by atoms with van der Waals surface area (Å²) in [5, 5.41) is 4.12. The minimum absolute atomic E-state index is 0.542. The predicted octanol–water partition coefficient (Wildman–Crippen LogP) is 11.8. The summed E-state index contributed by atoms with van der Waals surface area (Å²) in [7, 11) is 0. The van der Waals surface area contributed by atoms with Gasteiger partial charge < -0.3 is 18.5 Å². The molecule has 52 heavy (non-hydrogen) atoms. The Balaban J connectivity index is 1.14. The Morgan fingerprint density at radius 1 is 0.385 bits per heavy atom. The molecule has 0 bridgehead atoms. The molecule has 4 heterocycles. The molecule has 1 aliphatic rings. The van der Waals surface area contributed by atoms with Crippen molar-refractivity contribution in [3.8, 4) is 62.8 Å². The lowest BCUT2D eigenvalue weighted by molar-refractivity contribution is 0.360. The SMILES string of the molecule is c1ccc(-c2nc(-c3ccccc3)nc(-c3cccc4c3oc3c(-n5c6ccccc6c6cc7c(cc65)Oc5ccccc5O7)cccc34)n2)cc1. The van der Waals surface area contributed by atoms with Gasteiger partial charge in [0.05, 0.1) is 22.3 Å². The van der Waals surface area contributed by atoms with Crippen molar-refractivity contribution in [2.45, 2.75) is 0 Å². The number of rotatable bonds is 4. The third-order valence-electron chi connectivity index (χ3n) is 9.71. The van der Waals surface area contributed by atoms with E-state index in [0.717, 1.165) is 60.5 Å². The Hall–Kier alpha value is -7.25. The highest BCUT2D eigenvalue weighted by atomic mass is 16.6. The van der Waals surface area contributed by atoms with Crippen LogP contribution in [0.25, 0.3) is 83.6 Å². The monoisotopic (exact) mass is 670 g/mol. The van der Waals surface area contributed by atoms with E-state index < -0.39 is 0 Å². The second-order valence-corrected chi connectivity index (χ2v) is 12.8. The zero-order valence-electron chi connectivity index (χ0n) is 27.5. The van der Waals surface area contributed by atoms with Gasteiger partial charge in [-0.15, -0.1) is 0 Å². The Morgan fingerprint density at radius 2 is 0.942 bits per heavy atom. The van der Waals surface area contributed by atoms with Gasteiger partial charge in [0.15, 0.2) is 46.1 Å². The molecule has 10 aromatic rings. The molecular formula is C45H26N4O3. The first-order chi connectivity index (χ1) is 25.8. The number of aromatic nitrogens is 4. The summed E-state index contributed by atoms with van der Waals surface area (Å²) in [6.07, 6.45) is 0. The Kier molecular flexibility index (Phi) is 6.12. The minimum Gasteiger partial charge on any atom is -0.453 e. The molecule has 7 heteroatoms. The molecule has 244 valence electrons. The summed E-state index contributed by atoms with van der Waals surface area (Å²) in [4.78, 5) is 14.9. The molecule has 0 aliphatic carbocycles. The van der Waals surface area contributed by atoms with E-state index in [1.165, 1.54) is 0 Å². The molecule has 1 aliphatic heterocycles. The molecule has 0 N–H and O–H groups in total. The molecule has 0 fully saturated rings. The van der Waals surface area contributed by atoms with Gasteiger partial charge >= 0.3 is 0 Å². The maximum atomic E-state index is 6.96. The summed E-state index contributed by atoms with van der Waals surface area (Å²) in [6, 6.07) is 52.7. The van der Waals surface area contributed by atoms with E-state index in [-0.39, 0.29) is 0 Å². The lowest BCUT2D eigenvalue weighted by Crippen LogP contribution is -2.00. The van der Waals surface area contributed by atoms with E-state index in [9.17, 15) is 0 Å². The third-order valence-corrected chi connectivity index (χ3v) is 9.71. The Labute approximate surface area is 297 Å². The summed E-state index contributed by atoms with van der Waals surface area (Å²) in [5.74, 6) is 4.47. The maximum Gasteiger partial charge on any atom is 0.172 e. The molecule has 0 spiro atoms. The average molecular weight is 671 g/mol. The lowest BCUT2D eigenvalue weighted by atomic mass is 10.1. The summed E-state index contributed by atoms with van der Waals surface area (Å²) >= 11 is 0. The maximum absolute atomic E-state index is 6.96. The fourth-order valence-electron chi connectivity index (χ4n) is 7.34. The molecule has 7 aromatic carbocycles. The number of para-hydroxylation sites is 5. The number of hydrogen-bond donors (Lipinski definition) is 0. The third kappa shape index (κ3) is 4.36. The standard InChI is InChI=1S/C45H26N4O3/c1-3-13-27(14-4-1)43-46-44(28-15-5-2-6-16-28)48-45(47-43)32-20-11-18-30-31-19-12-22-35(42(31)52-41(30)32)49-34-21-8-7-17-29(34)33-25-39-40(26-36(33)49)51-38-24-10-9-23-37(38)50-39/h1-26H. The fourth-order valence-corrected chi connectivity index (χ4v) is 7.34. The van der Waals surface area contributed by atoms with Gasteiger partial charge in [-0.05, 0) is 36.4 Å². The van der Waals surface area contributed by atoms with Crippen LogP contribution in [0.4, 0.5) is 0 Å². The van der Waals surface area contributed by atoms with E-state index in [2.05, 4.69) is 65.2 Å². The highest BCUT2D eigenvalue weighted by Crippen LogP contribution is 2.49. The van der Waals surface area contributed by atoms with Crippen LogP contribution < -0.4 is 9.47 Å². The number of hydrogen-bond acceptors (Lipinski definition) is 6. The van der Waals surface area contributed by atoms with Crippen LogP contribution in [0.2, 0.25) is 0 Å². The van der Waals surface area contributed by atoms with Crippen molar-refractivity contribution >= 4 is 43.7 Å². The normalized spacial score (nSPS) is 12.2. The predicted molar refractivity (Wildman–Crippen MR) is 204 cm³/mol. The average Bonchev–Trinajstić information content (AvgIpc) is 3.75. The first-order valence-electron chi connectivity index (χ1n) is 17.1. The number of furan rings is 1. The van der Waals surface area contributed by atoms with E-state index in [4.69, 9.17) is 28.8 Å². The molecule has 0 saturated carbocycles. The van der Waals surface area contributed by atoms with Crippen molar-refractivity contribution in [3.63, 3.8) is 0 Å². The van der Waals surface area contributed by atoms with E-state index >= 15 is 0 Å². The number of benzene rings is 7. The molecule has 7 nitrogen and oxygen atoms in total. The zero-order valence-corrected chi connectivity index (χ0v) is 27.5. The second kappa shape index (κ2) is 11.1. The molecule has 0 unspecified atom stereocenters. The molecule has 3 aromatic heterocycles. The fraction of sp³-hybridized carbons (Fsp3) is 0. The van der Waals surface area contributed by atoms with Crippen molar-refractivity contribution in [2.24, 2.45) is 0 Å². The van der Waals surface area contributed by atoms with Crippen LogP contribution in [-0.2, 0) is 0 Å². The molecule has 0 amide bonds.